The number of hydrogen-bond acceptors (Lipinski definition) is 6. The van der Waals surface area contributed by atoms with E-state index in [1.807, 2.05) is 0 Å². The van der Waals surface area contributed by atoms with Gasteiger partial charge in [-0.2, -0.15) is 5.26 Å². The van der Waals surface area contributed by atoms with Crippen molar-refractivity contribution in [1.29, 1.82) is 5.26 Å². The van der Waals surface area contributed by atoms with Gasteiger partial charge in [-0.15, -0.1) is 0 Å². The average molecular weight is 328 g/mol. The molecular weight excluding hydrogens is 312 g/mol. The van der Waals surface area contributed by atoms with Crippen LogP contribution in [0.15, 0.2) is 29.3 Å². The van der Waals surface area contributed by atoms with E-state index < -0.39 is 0 Å². The Morgan fingerprint density at radius 3 is 2.61 bits per heavy atom. The highest BCUT2D eigenvalue weighted by Crippen LogP contribution is 2.22. The molecule has 1 aromatic carbocycles. The number of anilines is 1. The molecule has 0 bridgehead atoms. The molecule has 7 heteroatoms. The minimum Gasteiger partial charge on any atom is -0.497 e. The first-order valence-corrected chi connectivity index (χ1v) is 7.84. The Bertz CT molecular complexity index is 754. The van der Waals surface area contributed by atoms with Crippen LogP contribution in [0.2, 0.25) is 0 Å². The molecule has 1 amide bonds. The lowest BCUT2D eigenvalue weighted by Crippen LogP contribution is -2.14. The van der Waals surface area contributed by atoms with Crippen LogP contribution in [-0.2, 0) is 4.79 Å². The van der Waals surface area contributed by atoms with Crippen molar-refractivity contribution in [3.8, 4) is 11.8 Å². The van der Waals surface area contributed by atoms with Crippen molar-refractivity contribution in [2.75, 3.05) is 18.2 Å². The molecule has 0 saturated carbocycles. The summed E-state index contributed by atoms with van der Waals surface area (Å²) in [7, 11) is 1.59. The van der Waals surface area contributed by atoms with Crippen LogP contribution in [0.5, 0.6) is 5.75 Å². The summed E-state index contributed by atoms with van der Waals surface area (Å²) in [5.41, 5.74) is 1.72. The summed E-state index contributed by atoms with van der Waals surface area (Å²) in [4.78, 5) is 20.4. The number of carbonyl (C=O) groups is 1. The molecule has 6 nitrogen and oxygen atoms in total. The second-order valence-electron chi connectivity index (χ2n) is 4.71. The van der Waals surface area contributed by atoms with Gasteiger partial charge in [0.1, 0.15) is 28.2 Å². The molecular formula is C16H16N4O2S. The number of aryl methyl sites for hydroxylation is 2. The third-order valence-corrected chi connectivity index (χ3v) is 3.97. The lowest BCUT2D eigenvalue weighted by molar-refractivity contribution is -0.113. The Morgan fingerprint density at radius 2 is 2.00 bits per heavy atom. The van der Waals surface area contributed by atoms with Crippen LogP contribution in [0.25, 0.3) is 0 Å². The third-order valence-electron chi connectivity index (χ3n) is 2.99. The Morgan fingerprint density at radius 1 is 1.30 bits per heavy atom. The minimum atomic E-state index is -0.169. The SMILES string of the molecule is COc1ccc(NC(=O)CSc2nc(C)nc(C)c2C#N)cc1. The van der Waals surface area contributed by atoms with Crippen molar-refractivity contribution in [3.63, 3.8) is 0 Å². The van der Waals surface area contributed by atoms with E-state index in [2.05, 4.69) is 21.4 Å². The zero-order valence-corrected chi connectivity index (χ0v) is 13.9. The van der Waals surface area contributed by atoms with Crippen molar-refractivity contribution in [2.45, 2.75) is 18.9 Å². The van der Waals surface area contributed by atoms with Crippen LogP contribution in [0.3, 0.4) is 0 Å². The van der Waals surface area contributed by atoms with E-state index in [9.17, 15) is 10.1 Å². The highest BCUT2D eigenvalue weighted by molar-refractivity contribution is 8.00. The van der Waals surface area contributed by atoms with E-state index in [0.29, 0.717) is 27.8 Å². The lowest BCUT2D eigenvalue weighted by Gasteiger charge is -2.08. The fourth-order valence-electron chi connectivity index (χ4n) is 1.92. The van der Waals surface area contributed by atoms with Gasteiger partial charge in [0.15, 0.2) is 0 Å². The third kappa shape index (κ3) is 4.44. The van der Waals surface area contributed by atoms with E-state index in [4.69, 9.17) is 4.74 Å². The van der Waals surface area contributed by atoms with Crippen LogP contribution >= 0.6 is 11.8 Å². The van der Waals surface area contributed by atoms with Gasteiger partial charge in [-0.05, 0) is 38.1 Å². The molecule has 0 unspecified atom stereocenters. The van der Waals surface area contributed by atoms with Crippen molar-refractivity contribution < 1.29 is 9.53 Å². The van der Waals surface area contributed by atoms with Gasteiger partial charge in [-0.1, -0.05) is 11.8 Å². The Kier molecular flexibility index (Phi) is 5.55. The second kappa shape index (κ2) is 7.61. The largest absolute Gasteiger partial charge is 0.497 e. The maximum atomic E-state index is 12.0. The maximum absolute atomic E-state index is 12.0. The molecule has 1 aromatic heterocycles. The summed E-state index contributed by atoms with van der Waals surface area (Å²) in [6.45, 7) is 3.52. The normalized spacial score (nSPS) is 10.0. The number of amides is 1. The average Bonchev–Trinajstić information content (AvgIpc) is 2.53. The summed E-state index contributed by atoms with van der Waals surface area (Å²) in [5, 5.41) is 12.5. The topological polar surface area (TPSA) is 87.9 Å². The summed E-state index contributed by atoms with van der Waals surface area (Å²) in [6, 6.07) is 9.16. The molecule has 0 spiro atoms. The minimum absolute atomic E-state index is 0.163. The number of nitrogens with one attached hydrogen (secondary N) is 1. The van der Waals surface area contributed by atoms with Gasteiger partial charge in [-0.3, -0.25) is 4.79 Å². The first-order valence-electron chi connectivity index (χ1n) is 6.85. The van der Waals surface area contributed by atoms with Crippen LogP contribution in [-0.4, -0.2) is 28.7 Å². The monoisotopic (exact) mass is 328 g/mol. The lowest BCUT2D eigenvalue weighted by atomic mass is 10.3. The number of rotatable bonds is 5. The van der Waals surface area contributed by atoms with Gasteiger partial charge in [0, 0.05) is 5.69 Å². The molecule has 0 radical (unpaired) electrons. The van der Waals surface area contributed by atoms with Crippen molar-refractivity contribution in [1.82, 2.24) is 9.97 Å². The number of thioether (sulfide) groups is 1. The van der Waals surface area contributed by atoms with Gasteiger partial charge in [0.05, 0.1) is 18.6 Å². The number of ether oxygens (including phenoxy) is 1. The summed E-state index contributed by atoms with van der Waals surface area (Å²) < 4.78 is 5.07. The van der Waals surface area contributed by atoms with Gasteiger partial charge in [0.25, 0.3) is 0 Å². The maximum Gasteiger partial charge on any atom is 0.234 e. The zero-order valence-electron chi connectivity index (χ0n) is 13.1. The molecule has 0 atom stereocenters. The van der Waals surface area contributed by atoms with E-state index in [0.717, 1.165) is 5.75 Å². The van der Waals surface area contributed by atoms with Gasteiger partial charge in [-0.25, -0.2) is 9.97 Å². The number of aromatic nitrogens is 2. The number of nitriles is 1. The second-order valence-corrected chi connectivity index (χ2v) is 5.68. The Labute approximate surface area is 138 Å². The quantitative estimate of drug-likeness (QED) is 0.670. The zero-order chi connectivity index (χ0) is 16.8. The number of methoxy groups -OCH3 is 1. The fraction of sp³-hybridized carbons (Fsp3) is 0.250. The number of benzene rings is 1. The molecule has 0 saturated heterocycles. The molecule has 2 rings (SSSR count). The number of hydrogen-bond donors (Lipinski definition) is 1. The fourth-order valence-corrected chi connectivity index (χ4v) is 2.79. The molecule has 2 aromatic rings. The standard InChI is InChI=1S/C16H16N4O2S/c1-10-14(8-17)16(19-11(2)18-10)23-9-15(21)20-12-4-6-13(22-3)7-5-12/h4-7H,9H2,1-3H3,(H,20,21). The highest BCUT2D eigenvalue weighted by Gasteiger charge is 2.12. The number of nitrogens with zero attached hydrogens (tertiary/aromatic N) is 3. The van der Waals surface area contributed by atoms with Crippen LogP contribution in [0, 0.1) is 25.2 Å². The highest BCUT2D eigenvalue weighted by atomic mass is 32.2. The van der Waals surface area contributed by atoms with Gasteiger partial charge < -0.3 is 10.1 Å². The summed E-state index contributed by atoms with van der Waals surface area (Å²) >= 11 is 1.22. The molecule has 1 N–H and O–H groups in total. The molecule has 0 fully saturated rings. The van der Waals surface area contributed by atoms with Gasteiger partial charge in [0.2, 0.25) is 5.91 Å². The van der Waals surface area contributed by atoms with Crippen LogP contribution in [0.4, 0.5) is 5.69 Å². The van der Waals surface area contributed by atoms with Crippen LogP contribution < -0.4 is 10.1 Å². The predicted octanol–water partition coefficient (Wildman–Crippen LogP) is 2.70. The first kappa shape index (κ1) is 16.8. The van der Waals surface area contributed by atoms with E-state index in [1.54, 1.807) is 45.2 Å². The predicted molar refractivity (Wildman–Crippen MR) is 88.6 cm³/mol. The molecule has 23 heavy (non-hydrogen) atoms. The summed E-state index contributed by atoms with van der Waals surface area (Å²) in [6.07, 6.45) is 0. The first-order chi connectivity index (χ1) is 11.0. The number of carbonyl (C=O) groups excluding carboxylic acids is 1. The van der Waals surface area contributed by atoms with Crippen molar-refractivity contribution in [2.24, 2.45) is 0 Å². The van der Waals surface area contributed by atoms with E-state index in [-0.39, 0.29) is 11.7 Å². The molecule has 0 aliphatic heterocycles. The molecule has 0 aliphatic rings. The van der Waals surface area contributed by atoms with E-state index >= 15 is 0 Å². The van der Waals surface area contributed by atoms with Gasteiger partial charge >= 0.3 is 0 Å². The molecule has 0 aliphatic carbocycles. The smallest absolute Gasteiger partial charge is 0.234 e. The molecule has 1 heterocycles. The van der Waals surface area contributed by atoms with Crippen LogP contribution in [0.1, 0.15) is 17.1 Å². The van der Waals surface area contributed by atoms with Crippen molar-refractivity contribution in [3.05, 3.63) is 41.3 Å². The molecule has 118 valence electrons. The Hall–Kier alpha value is -2.59. The van der Waals surface area contributed by atoms with Crippen molar-refractivity contribution >= 4 is 23.4 Å². The van der Waals surface area contributed by atoms with E-state index in [1.165, 1.54) is 11.8 Å². The summed E-state index contributed by atoms with van der Waals surface area (Å²) in [5.74, 6) is 1.30. The Balaban J connectivity index is 2.00.